The smallest absolute Gasteiger partial charge is 0.249 e. The Morgan fingerprint density at radius 2 is 1.19 bits per heavy atom. The lowest BCUT2D eigenvalue weighted by Crippen LogP contribution is -2.23. The van der Waals surface area contributed by atoms with E-state index in [4.69, 9.17) is 11.5 Å². The van der Waals surface area contributed by atoms with Gasteiger partial charge in [0, 0.05) is 0 Å². The summed E-state index contributed by atoms with van der Waals surface area (Å²) in [6, 6.07) is 23.2. The Balaban J connectivity index is 2.15. The Kier molecular flexibility index (Phi) is 5.13. The van der Waals surface area contributed by atoms with Crippen LogP contribution < -0.4 is 11.5 Å². The van der Waals surface area contributed by atoms with Gasteiger partial charge in [-0.05, 0) is 41.2 Å². The predicted octanol–water partition coefficient (Wildman–Crippen LogP) is 3.07. The van der Waals surface area contributed by atoms with Crippen LogP contribution in [-0.4, -0.2) is 11.8 Å². The van der Waals surface area contributed by atoms with E-state index >= 15 is 0 Å². The van der Waals surface area contributed by atoms with Gasteiger partial charge in [-0.1, -0.05) is 66.7 Å². The highest BCUT2D eigenvalue weighted by molar-refractivity contribution is 6.07. The number of nitrogens with two attached hydrogens (primary N) is 2. The van der Waals surface area contributed by atoms with Gasteiger partial charge in [-0.3, -0.25) is 9.59 Å². The summed E-state index contributed by atoms with van der Waals surface area (Å²) in [6.07, 6.45) is 1.14. The van der Waals surface area contributed by atoms with E-state index in [-0.39, 0.29) is 11.1 Å². The minimum absolute atomic E-state index is 0.167. The molecule has 0 aliphatic carbocycles. The van der Waals surface area contributed by atoms with Gasteiger partial charge in [-0.25, -0.2) is 0 Å². The summed E-state index contributed by atoms with van der Waals surface area (Å²) in [5.74, 6) is -1.29. The molecule has 0 radical (unpaired) electrons. The maximum Gasteiger partial charge on any atom is 0.249 e. The number of carbonyl (C=O) groups excluding carboxylic acids is 2. The highest BCUT2D eigenvalue weighted by Crippen LogP contribution is 2.25. The third-order valence-corrected chi connectivity index (χ3v) is 4.38. The molecule has 0 spiro atoms. The monoisotopic (exact) mass is 344 g/mol. The summed E-state index contributed by atoms with van der Waals surface area (Å²) >= 11 is 0. The summed E-state index contributed by atoms with van der Waals surface area (Å²) in [6.45, 7) is 0. The van der Waals surface area contributed by atoms with Crippen LogP contribution in [0.5, 0.6) is 0 Å². The summed E-state index contributed by atoms with van der Waals surface area (Å²) in [4.78, 5) is 24.0. The molecule has 3 aromatic carbocycles. The SMILES string of the molecule is NC(=O)c1ccc(Cc2ccccc2)c(Cc2ccccc2)c1C(N)=O. The maximum absolute atomic E-state index is 12.2. The normalized spacial score (nSPS) is 10.5. The van der Waals surface area contributed by atoms with Crippen molar-refractivity contribution in [1.82, 2.24) is 0 Å². The average molecular weight is 344 g/mol. The second kappa shape index (κ2) is 7.66. The van der Waals surface area contributed by atoms with Crippen LogP contribution in [0.4, 0.5) is 0 Å². The Labute approximate surface area is 152 Å². The lowest BCUT2D eigenvalue weighted by atomic mass is 9.88. The molecule has 0 aliphatic rings. The van der Waals surface area contributed by atoms with Gasteiger partial charge in [0.05, 0.1) is 11.1 Å². The molecule has 0 atom stereocenters. The molecule has 4 heteroatoms. The first kappa shape index (κ1) is 17.4. The van der Waals surface area contributed by atoms with Gasteiger partial charge in [0.2, 0.25) is 11.8 Å². The molecule has 3 aromatic rings. The van der Waals surface area contributed by atoms with E-state index in [0.29, 0.717) is 12.8 Å². The minimum atomic E-state index is -0.653. The first-order chi connectivity index (χ1) is 12.6. The van der Waals surface area contributed by atoms with E-state index < -0.39 is 11.8 Å². The van der Waals surface area contributed by atoms with Crippen molar-refractivity contribution in [3.8, 4) is 0 Å². The van der Waals surface area contributed by atoms with Crippen LogP contribution in [0.2, 0.25) is 0 Å². The molecule has 0 unspecified atom stereocenters. The van der Waals surface area contributed by atoms with Gasteiger partial charge in [-0.2, -0.15) is 0 Å². The molecule has 0 saturated carbocycles. The van der Waals surface area contributed by atoms with Crippen LogP contribution in [0, 0.1) is 0 Å². The number of benzene rings is 3. The third-order valence-electron chi connectivity index (χ3n) is 4.38. The Hall–Kier alpha value is -3.40. The fourth-order valence-corrected chi connectivity index (χ4v) is 3.16. The largest absolute Gasteiger partial charge is 0.366 e. The minimum Gasteiger partial charge on any atom is -0.366 e. The van der Waals surface area contributed by atoms with Crippen LogP contribution in [0.25, 0.3) is 0 Å². The molecule has 0 aromatic heterocycles. The number of amides is 2. The molecular formula is C22H20N2O2. The molecule has 0 heterocycles. The molecular weight excluding hydrogens is 324 g/mol. The van der Waals surface area contributed by atoms with Crippen molar-refractivity contribution < 1.29 is 9.59 Å². The predicted molar refractivity (Wildman–Crippen MR) is 102 cm³/mol. The van der Waals surface area contributed by atoms with E-state index in [0.717, 1.165) is 22.3 Å². The van der Waals surface area contributed by atoms with E-state index in [9.17, 15) is 9.59 Å². The molecule has 4 nitrogen and oxygen atoms in total. The first-order valence-electron chi connectivity index (χ1n) is 8.38. The van der Waals surface area contributed by atoms with Crippen molar-refractivity contribution in [3.05, 3.63) is 106 Å². The molecule has 4 N–H and O–H groups in total. The summed E-state index contributed by atoms with van der Waals surface area (Å²) in [5.41, 5.74) is 15.3. The molecule has 0 bridgehead atoms. The van der Waals surface area contributed by atoms with Crippen molar-refractivity contribution in [1.29, 1.82) is 0 Å². The van der Waals surface area contributed by atoms with E-state index in [2.05, 4.69) is 0 Å². The molecule has 130 valence electrons. The summed E-state index contributed by atoms with van der Waals surface area (Å²) < 4.78 is 0. The lowest BCUT2D eigenvalue weighted by Gasteiger charge is -2.16. The Morgan fingerprint density at radius 3 is 1.69 bits per heavy atom. The van der Waals surface area contributed by atoms with Gasteiger partial charge in [0.25, 0.3) is 0 Å². The van der Waals surface area contributed by atoms with E-state index in [1.54, 1.807) is 6.07 Å². The molecule has 0 saturated heterocycles. The topological polar surface area (TPSA) is 86.2 Å². The van der Waals surface area contributed by atoms with Crippen molar-refractivity contribution >= 4 is 11.8 Å². The second-order valence-corrected chi connectivity index (χ2v) is 6.18. The van der Waals surface area contributed by atoms with E-state index in [1.807, 2.05) is 66.7 Å². The Bertz CT molecular complexity index is 935. The van der Waals surface area contributed by atoms with Crippen LogP contribution in [0.1, 0.15) is 43.0 Å². The zero-order valence-electron chi connectivity index (χ0n) is 14.3. The highest BCUT2D eigenvalue weighted by atomic mass is 16.2. The molecule has 2 amide bonds. The molecule has 0 fully saturated rings. The number of carbonyl (C=O) groups is 2. The fraction of sp³-hybridized carbons (Fsp3) is 0.0909. The van der Waals surface area contributed by atoms with Crippen molar-refractivity contribution in [2.45, 2.75) is 12.8 Å². The maximum atomic E-state index is 12.2. The third kappa shape index (κ3) is 3.81. The van der Waals surface area contributed by atoms with Gasteiger partial charge >= 0.3 is 0 Å². The van der Waals surface area contributed by atoms with Gasteiger partial charge < -0.3 is 11.5 Å². The number of rotatable bonds is 6. The van der Waals surface area contributed by atoms with Crippen LogP contribution >= 0.6 is 0 Å². The zero-order chi connectivity index (χ0) is 18.5. The van der Waals surface area contributed by atoms with Crippen LogP contribution in [0.3, 0.4) is 0 Å². The quantitative estimate of drug-likeness (QED) is 0.720. The Morgan fingerprint density at radius 1 is 0.654 bits per heavy atom. The number of primary amides is 2. The van der Waals surface area contributed by atoms with Crippen LogP contribution in [-0.2, 0) is 12.8 Å². The van der Waals surface area contributed by atoms with Crippen LogP contribution in [0.15, 0.2) is 72.8 Å². The fourth-order valence-electron chi connectivity index (χ4n) is 3.16. The van der Waals surface area contributed by atoms with Gasteiger partial charge in [-0.15, -0.1) is 0 Å². The van der Waals surface area contributed by atoms with Crippen molar-refractivity contribution in [2.24, 2.45) is 11.5 Å². The zero-order valence-corrected chi connectivity index (χ0v) is 14.3. The number of hydrogen-bond acceptors (Lipinski definition) is 2. The summed E-state index contributed by atoms with van der Waals surface area (Å²) in [5, 5.41) is 0. The molecule has 26 heavy (non-hydrogen) atoms. The van der Waals surface area contributed by atoms with Crippen molar-refractivity contribution in [2.75, 3.05) is 0 Å². The average Bonchev–Trinajstić information content (AvgIpc) is 2.64. The standard InChI is InChI=1S/C22H20N2O2/c23-21(25)18-12-11-17(13-15-7-3-1-4-8-15)19(20(18)22(24)26)14-16-9-5-2-6-10-16/h1-12H,13-14H2,(H2,23,25)(H2,24,26). The first-order valence-corrected chi connectivity index (χ1v) is 8.38. The summed E-state index contributed by atoms with van der Waals surface area (Å²) in [7, 11) is 0. The number of hydrogen-bond donors (Lipinski definition) is 2. The molecule has 0 aliphatic heterocycles. The molecule has 3 rings (SSSR count). The lowest BCUT2D eigenvalue weighted by molar-refractivity contribution is 0.0966. The van der Waals surface area contributed by atoms with Gasteiger partial charge in [0.15, 0.2) is 0 Å². The van der Waals surface area contributed by atoms with E-state index in [1.165, 1.54) is 0 Å². The second-order valence-electron chi connectivity index (χ2n) is 6.18. The highest BCUT2D eigenvalue weighted by Gasteiger charge is 2.21. The van der Waals surface area contributed by atoms with Crippen molar-refractivity contribution in [3.63, 3.8) is 0 Å². The van der Waals surface area contributed by atoms with Gasteiger partial charge in [0.1, 0.15) is 0 Å².